The lowest BCUT2D eigenvalue weighted by molar-refractivity contribution is 0.100. The van der Waals surface area contributed by atoms with E-state index in [1.54, 1.807) is 18.2 Å². The molecule has 0 unspecified atom stereocenters. The highest BCUT2D eigenvalue weighted by Crippen LogP contribution is 2.54. The molecule has 0 saturated heterocycles. The Hall–Kier alpha value is -1.12. The van der Waals surface area contributed by atoms with Crippen molar-refractivity contribution < 1.29 is 13.9 Å². The molecule has 1 aromatic rings. The summed E-state index contributed by atoms with van der Waals surface area (Å²) in [6.07, 6.45) is -1.43. The van der Waals surface area contributed by atoms with Crippen LogP contribution in [0.1, 0.15) is 18.4 Å². The Morgan fingerprint density at radius 2 is 1.85 bits per heavy atom. The van der Waals surface area contributed by atoms with Crippen LogP contribution in [-0.2, 0) is 5.41 Å². The van der Waals surface area contributed by atoms with Crippen molar-refractivity contribution in [2.24, 2.45) is 0 Å². The Balaban J connectivity index is 2.41. The van der Waals surface area contributed by atoms with Gasteiger partial charge in [0.1, 0.15) is 5.75 Å². The Morgan fingerprint density at radius 1 is 1.23 bits per heavy atom. The lowest BCUT2D eigenvalue weighted by atomic mass is 9.96. The zero-order valence-corrected chi connectivity index (χ0v) is 7.00. The molecule has 1 aromatic carbocycles. The van der Waals surface area contributed by atoms with E-state index in [1.807, 2.05) is 0 Å². The quantitative estimate of drug-likeness (QED) is 0.749. The second kappa shape index (κ2) is 2.69. The average Bonchev–Trinajstić information content (AvgIpc) is 2.85. The molecule has 0 heterocycles. The van der Waals surface area contributed by atoms with Crippen molar-refractivity contribution in [3.8, 4) is 5.75 Å². The molecule has 1 N–H and O–H groups in total. The van der Waals surface area contributed by atoms with E-state index in [0.717, 1.165) is 0 Å². The Morgan fingerprint density at radius 3 is 2.31 bits per heavy atom. The van der Waals surface area contributed by atoms with E-state index in [1.165, 1.54) is 6.07 Å². The molecule has 0 amide bonds. The number of para-hydroxylation sites is 1. The molecule has 1 aliphatic rings. The first kappa shape index (κ1) is 8.48. The summed E-state index contributed by atoms with van der Waals surface area (Å²) in [4.78, 5) is 0. The number of hydrogen-bond donors (Lipinski definition) is 1. The standard InChI is InChI=1S/C10H10F2O/c11-9(12)10(5-6-10)7-3-1-2-4-8(7)13/h1-4,9,13H,5-6H2. The van der Waals surface area contributed by atoms with Gasteiger partial charge >= 0.3 is 0 Å². The van der Waals surface area contributed by atoms with E-state index < -0.39 is 11.8 Å². The van der Waals surface area contributed by atoms with Crippen LogP contribution in [0.3, 0.4) is 0 Å². The molecule has 1 saturated carbocycles. The Bertz CT molecular complexity index is 318. The molecule has 2 rings (SSSR count). The van der Waals surface area contributed by atoms with Crippen LogP contribution >= 0.6 is 0 Å². The van der Waals surface area contributed by atoms with Gasteiger partial charge in [-0.15, -0.1) is 0 Å². The van der Waals surface area contributed by atoms with Gasteiger partial charge in [0.2, 0.25) is 6.43 Å². The second-order valence-electron chi connectivity index (χ2n) is 3.47. The molecule has 0 aromatic heterocycles. The molecule has 3 heteroatoms. The predicted octanol–water partition coefficient (Wildman–Crippen LogP) is 2.69. The lowest BCUT2D eigenvalue weighted by Gasteiger charge is -2.15. The summed E-state index contributed by atoms with van der Waals surface area (Å²) >= 11 is 0. The minimum Gasteiger partial charge on any atom is -0.508 e. The number of benzene rings is 1. The number of phenols is 1. The molecule has 1 aliphatic carbocycles. The highest BCUT2D eigenvalue weighted by atomic mass is 19.3. The summed E-state index contributed by atoms with van der Waals surface area (Å²) < 4.78 is 25.3. The van der Waals surface area contributed by atoms with Crippen molar-refractivity contribution in [2.45, 2.75) is 24.7 Å². The molecular formula is C10H10F2O. The summed E-state index contributed by atoms with van der Waals surface area (Å²) in [7, 11) is 0. The number of halogens is 2. The molecule has 0 radical (unpaired) electrons. The minimum atomic E-state index is -2.37. The van der Waals surface area contributed by atoms with Crippen molar-refractivity contribution in [1.29, 1.82) is 0 Å². The zero-order valence-electron chi connectivity index (χ0n) is 7.00. The van der Waals surface area contributed by atoms with Gasteiger partial charge in [0.05, 0.1) is 5.41 Å². The van der Waals surface area contributed by atoms with E-state index in [4.69, 9.17) is 0 Å². The van der Waals surface area contributed by atoms with Gasteiger partial charge in [0.15, 0.2) is 0 Å². The van der Waals surface area contributed by atoms with Crippen molar-refractivity contribution >= 4 is 0 Å². The van der Waals surface area contributed by atoms with Gasteiger partial charge in [-0.25, -0.2) is 8.78 Å². The minimum absolute atomic E-state index is 0.0136. The van der Waals surface area contributed by atoms with Crippen LogP contribution in [0.2, 0.25) is 0 Å². The zero-order chi connectivity index (χ0) is 9.47. The average molecular weight is 184 g/mol. The van der Waals surface area contributed by atoms with Gasteiger partial charge in [-0.2, -0.15) is 0 Å². The molecule has 70 valence electrons. The highest BCUT2D eigenvalue weighted by molar-refractivity contribution is 5.42. The normalized spacial score (nSPS) is 19.0. The molecule has 0 aliphatic heterocycles. The predicted molar refractivity (Wildman–Crippen MR) is 45.0 cm³/mol. The topological polar surface area (TPSA) is 20.2 Å². The van der Waals surface area contributed by atoms with Crippen LogP contribution in [0.15, 0.2) is 24.3 Å². The number of phenolic OH excluding ortho intramolecular Hbond substituents is 1. The van der Waals surface area contributed by atoms with E-state index in [0.29, 0.717) is 18.4 Å². The number of alkyl halides is 2. The van der Waals surface area contributed by atoms with Gasteiger partial charge < -0.3 is 5.11 Å². The maximum absolute atomic E-state index is 12.6. The summed E-state index contributed by atoms with van der Waals surface area (Å²) in [6, 6.07) is 6.35. The largest absolute Gasteiger partial charge is 0.508 e. The fourth-order valence-electron chi connectivity index (χ4n) is 1.63. The van der Waals surface area contributed by atoms with Crippen LogP contribution in [0.25, 0.3) is 0 Å². The SMILES string of the molecule is Oc1ccccc1C1(C(F)F)CC1. The maximum Gasteiger partial charge on any atom is 0.248 e. The third kappa shape index (κ3) is 1.19. The summed E-state index contributed by atoms with van der Waals surface area (Å²) in [6.45, 7) is 0. The highest BCUT2D eigenvalue weighted by Gasteiger charge is 2.53. The lowest BCUT2D eigenvalue weighted by Crippen LogP contribution is -2.17. The van der Waals surface area contributed by atoms with Crippen molar-refractivity contribution in [3.05, 3.63) is 29.8 Å². The van der Waals surface area contributed by atoms with Gasteiger partial charge in [0, 0.05) is 5.56 Å². The molecule has 0 bridgehead atoms. The molecule has 13 heavy (non-hydrogen) atoms. The monoisotopic (exact) mass is 184 g/mol. The van der Waals surface area contributed by atoms with E-state index in [2.05, 4.69) is 0 Å². The first-order valence-electron chi connectivity index (χ1n) is 4.23. The van der Waals surface area contributed by atoms with Gasteiger partial charge in [-0.05, 0) is 18.9 Å². The molecule has 0 spiro atoms. The van der Waals surface area contributed by atoms with E-state index >= 15 is 0 Å². The molecule has 1 nitrogen and oxygen atoms in total. The van der Waals surface area contributed by atoms with Crippen molar-refractivity contribution in [1.82, 2.24) is 0 Å². The summed E-state index contributed by atoms with van der Waals surface area (Å²) in [5, 5.41) is 9.40. The molecule has 1 fully saturated rings. The summed E-state index contributed by atoms with van der Waals surface area (Å²) in [5.74, 6) is -0.0136. The molecular weight excluding hydrogens is 174 g/mol. The Labute approximate surface area is 75.0 Å². The molecule has 0 atom stereocenters. The Kier molecular flexibility index (Phi) is 1.75. The first-order valence-corrected chi connectivity index (χ1v) is 4.23. The van der Waals surface area contributed by atoms with Crippen LogP contribution in [0, 0.1) is 0 Å². The van der Waals surface area contributed by atoms with Crippen molar-refractivity contribution in [3.63, 3.8) is 0 Å². The third-order valence-electron chi connectivity index (χ3n) is 2.65. The fraction of sp³-hybridized carbons (Fsp3) is 0.400. The van der Waals surface area contributed by atoms with Crippen LogP contribution in [0.4, 0.5) is 8.78 Å². The van der Waals surface area contributed by atoms with Crippen LogP contribution in [0.5, 0.6) is 5.75 Å². The van der Waals surface area contributed by atoms with E-state index in [9.17, 15) is 13.9 Å². The van der Waals surface area contributed by atoms with Gasteiger partial charge in [-0.3, -0.25) is 0 Å². The number of hydrogen-bond acceptors (Lipinski definition) is 1. The maximum atomic E-state index is 12.6. The third-order valence-corrected chi connectivity index (χ3v) is 2.65. The smallest absolute Gasteiger partial charge is 0.248 e. The van der Waals surface area contributed by atoms with Gasteiger partial charge in [0.25, 0.3) is 0 Å². The first-order chi connectivity index (χ1) is 6.17. The van der Waals surface area contributed by atoms with Crippen molar-refractivity contribution in [2.75, 3.05) is 0 Å². The van der Waals surface area contributed by atoms with E-state index in [-0.39, 0.29) is 5.75 Å². The number of rotatable bonds is 2. The van der Waals surface area contributed by atoms with Gasteiger partial charge in [-0.1, -0.05) is 18.2 Å². The summed E-state index contributed by atoms with van der Waals surface area (Å²) in [5.41, 5.74) is -0.657. The second-order valence-corrected chi connectivity index (χ2v) is 3.47. The van der Waals surface area contributed by atoms with Crippen LogP contribution in [-0.4, -0.2) is 11.5 Å². The fourth-order valence-corrected chi connectivity index (χ4v) is 1.63. The van der Waals surface area contributed by atoms with Crippen LogP contribution < -0.4 is 0 Å². The number of aromatic hydroxyl groups is 1.